The monoisotopic (exact) mass is 306 g/mol. The Morgan fingerprint density at radius 1 is 1.43 bits per heavy atom. The summed E-state index contributed by atoms with van der Waals surface area (Å²) in [5.41, 5.74) is 7.46. The Hall–Kier alpha value is -1.00. The number of amides is 1. The van der Waals surface area contributed by atoms with Crippen molar-refractivity contribution in [2.45, 2.75) is 32.2 Å². The Balaban J connectivity index is 2.07. The lowest BCUT2D eigenvalue weighted by Gasteiger charge is -2.25. The smallest absolute Gasteiger partial charge is 0.239 e. The van der Waals surface area contributed by atoms with Crippen molar-refractivity contribution < 1.29 is 4.79 Å². The molecule has 0 aromatic heterocycles. The van der Waals surface area contributed by atoms with Gasteiger partial charge in [-0.05, 0) is 29.4 Å². The molecule has 1 saturated heterocycles. The molecule has 0 spiro atoms. The van der Waals surface area contributed by atoms with Crippen LogP contribution in [0.15, 0.2) is 30.3 Å². The van der Waals surface area contributed by atoms with Gasteiger partial charge in [0.2, 0.25) is 5.91 Å². The fourth-order valence-electron chi connectivity index (χ4n) is 3.15. The number of carbonyl (C=O) groups excluding carboxylic acids is 1. The molecule has 1 aliphatic rings. The quantitative estimate of drug-likeness (QED) is 0.910. The molecular formula is C17H26N2OS. The van der Waals surface area contributed by atoms with Gasteiger partial charge in [-0.1, -0.05) is 44.2 Å². The van der Waals surface area contributed by atoms with Gasteiger partial charge >= 0.3 is 0 Å². The van der Waals surface area contributed by atoms with Gasteiger partial charge in [-0.15, -0.1) is 0 Å². The molecule has 1 aliphatic heterocycles. The van der Waals surface area contributed by atoms with Gasteiger partial charge < -0.3 is 10.6 Å². The number of rotatable bonds is 5. The predicted molar refractivity (Wildman–Crippen MR) is 90.5 cm³/mol. The second kappa shape index (κ2) is 6.84. The molecule has 1 amide bonds. The lowest BCUT2D eigenvalue weighted by molar-refractivity contribution is -0.131. The van der Waals surface area contributed by atoms with Crippen LogP contribution in [0.3, 0.4) is 0 Å². The van der Waals surface area contributed by atoms with Gasteiger partial charge in [0, 0.05) is 19.0 Å². The summed E-state index contributed by atoms with van der Waals surface area (Å²) in [5.74, 6) is 1.43. The summed E-state index contributed by atoms with van der Waals surface area (Å²) in [6.07, 6.45) is 2.80. The van der Waals surface area contributed by atoms with Crippen molar-refractivity contribution in [1.29, 1.82) is 0 Å². The topological polar surface area (TPSA) is 46.3 Å². The maximum absolute atomic E-state index is 12.5. The lowest BCUT2D eigenvalue weighted by atomic mass is 9.78. The largest absolute Gasteiger partial charge is 0.340 e. The van der Waals surface area contributed by atoms with Gasteiger partial charge in [0.05, 0.1) is 6.04 Å². The van der Waals surface area contributed by atoms with Crippen molar-refractivity contribution in [1.82, 2.24) is 4.90 Å². The standard InChI is InChI=1S/C17H26N2OS/c1-17(2)12-19(16(20)15(18)9-10-21-3)11-14(17)13-7-5-4-6-8-13/h4-8,14-15H,9-12,18H2,1-3H3. The van der Waals surface area contributed by atoms with Crippen LogP contribution in [0.1, 0.15) is 31.7 Å². The second-order valence-electron chi connectivity index (χ2n) is 6.56. The molecule has 2 rings (SSSR count). The molecule has 0 aliphatic carbocycles. The molecule has 1 heterocycles. The van der Waals surface area contributed by atoms with E-state index in [1.807, 2.05) is 17.2 Å². The molecule has 116 valence electrons. The molecular weight excluding hydrogens is 280 g/mol. The Labute approximate surface area is 132 Å². The molecule has 21 heavy (non-hydrogen) atoms. The number of hydrogen-bond acceptors (Lipinski definition) is 3. The summed E-state index contributed by atoms with van der Waals surface area (Å²) >= 11 is 1.74. The highest BCUT2D eigenvalue weighted by molar-refractivity contribution is 7.98. The molecule has 0 bridgehead atoms. The van der Waals surface area contributed by atoms with Crippen molar-refractivity contribution >= 4 is 17.7 Å². The first-order valence-electron chi connectivity index (χ1n) is 7.54. The third-order valence-electron chi connectivity index (χ3n) is 4.41. The van der Waals surface area contributed by atoms with Crippen LogP contribution in [0.5, 0.6) is 0 Å². The number of benzene rings is 1. The van der Waals surface area contributed by atoms with Crippen molar-refractivity contribution in [3.63, 3.8) is 0 Å². The first-order chi connectivity index (χ1) is 9.95. The van der Waals surface area contributed by atoms with Crippen LogP contribution >= 0.6 is 11.8 Å². The minimum absolute atomic E-state index is 0.0935. The predicted octanol–water partition coefficient (Wildman–Crippen LogP) is 2.72. The lowest BCUT2D eigenvalue weighted by Crippen LogP contribution is -2.43. The number of hydrogen-bond donors (Lipinski definition) is 1. The minimum Gasteiger partial charge on any atom is -0.340 e. The van der Waals surface area contributed by atoms with Crippen LogP contribution in [0.4, 0.5) is 0 Å². The average molecular weight is 306 g/mol. The summed E-state index contributed by atoms with van der Waals surface area (Å²) in [4.78, 5) is 14.5. The fraction of sp³-hybridized carbons (Fsp3) is 0.588. The van der Waals surface area contributed by atoms with E-state index in [1.165, 1.54) is 5.56 Å². The van der Waals surface area contributed by atoms with Gasteiger partial charge in [0.25, 0.3) is 0 Å². The molecule has 2 atom stereocenters. The van der Waals surface area contributed by atoms with Gasteiger partial charge in [-0.25, -0.2) is 0 Å². The molecule has 4 heteroatoms. The highest BCUT2D eigenvalue weighted by Crippen LogP contribution is 2.42. The molecule has 3 nitrogen and oxygen atoms in total. The number of thioether (sulfide) groups is 1. The van der Waals surface area contributed by atoms with Crippen LogP contribution in [0, 0.1) is 5.41 Å². The number of likely N-dealkylation sites (tertiary alicyclic amines) is 1. The molecule has 2 N–H and O–H groups in total. The van der Waals surface area contributed by atoms with Crippen molar-refractivity contribution in [3.8, 4) is 0 Å². The summed E-state index contributed by atoms with van der Waals surface area (Å²) < 4.78 is 0. The van der Waals surface area contributed by atoms with Gasteiger partial charge in [0.1, 0.15) is 0 Å². The van der Waals surface area contributed by atoms with E-state index in [1.54, 1.807) is 11.8 Å². The second-order valence-corrected chi connectivity index (χ2v) is 7.54. The summed E-state index contributed by atoms with van der Waals surface area (Å²) in [6.45, 7) is 6.05. The van der Waals surface area contributed by atoms with Gasteiger partial charge in [-0.2, -0.15) is 11.8 Å². The fourth-order valence-corrected chi connectivity index (χ4v) is 3.64. The minimum atomic E-state index is -0.359. The number of nitrogens with two attached hydrogens (primary N) is 1. The Morgan fingerprint density at radius 3 is 2.71 bits per heavy atom. The highest BCUT2D eigenvalue weighted by Gasteiger charge is 2.42. The van der Waals surface area contributed by atoms with Crippen LogP contribution in [-0.2, 0) is 4.79 Å². The summed E-state index contributed by atoms with van der Waals surface area (Å²) in [7, 11) is 0. The van der Waals surface area contributed by atoms with E-state index < -0.39 is 0 Å². The van der Waals surface area contributed by atoms with E-state index in [9.17, 15) is 4.79 Å². The Bertz CT molecular complexity index is 475. The maximum Gasteiger partial charge on any atom is 0.239 e. The van der Waals surface area contributed by atoms with E-state index in [0.717, 1.165) is 25.3 Å². The molecule has 0 saturated carbocycles. The average Bonchev–Trinajstić information content (AvgIpc) is 2.80. The third-order valence-corrected chi connectivity index (χ3v) is 5.05. The summed E-state index contributed by atoms with van der Waals surface area (Å²) in [5, 5.41) is 0. The highest BCUT2D eigenvalue weighted by atomic mass is 32.2. The molecule has 1 aromatic rings. The van der Waals surface area contributed by atoms with Gasteiger partial charge in [0.15, 0.2) is 0 Å². The maximum atomic E-state index is 12.5. The zero-order valence-electron chi connectivity index (χ0n) is 13.2. The van der Waals surface area contributed by atoms with E-state index in [4.69, 9.17) is 5.73 Å². The number of carbonyl (C=O) groups is 1. The third kappa shape index (κ3) is 3.80. The Morgan fingerprint density at radius 2 is 2.10 bits per heavy atom. The van der Waals surface area contributed by atoms with E-state index >= 15 is 0 Å². The first kappa shape index (κ1) is 16.4. The van der Waals surface area contributed by atoms with Gasteiger partial charge in [-0.3, -0.25) is 4.79 Å². The van der Waals surface area contributed by atoms with Crippen LogP contribution in [0.2, 0.25) is 0 Å². The van der Waals surface area contributed by atoms with E-state index in [-0.39, 0.29) is 17.4 Å². The van der Waals surface area contributed by atoms with Crippen molar-refractivity contribution in [3.05, 3.63) is 35.9 Å². The SMILES string of the molecule is CSCCC(N)C(=O)N1CC(c2ccccc2)C(C)(C)C1. The van der Waals surface area contributed by atoms with E-state index in [2.05, 4.69) is 38.1 Å². The zero-order chi connectivity index (χ0) is 15.5. The molecule has 2 unspecified atom stereocenters. The van der Waals surface area contributed by atoms with Crippen LogP contribution < -0.4 is 5.73 Å². The van der Waals surface area contributed by atoms with Crippen molar-refractivity contribution in [2.24, 2.45) is 11.1 Å². The number of nitrogens with zero attached hydrogens (tertiary/aromatic N) is 1. The van der Waals surface area contributed by atoms with Crippen LogP contribution in [0.25, 0.3) is 0 Å². The van der Waals surface area contributed by atoms with Crippen molar-refractivity contribution in [2.75, 3.05) is 25.1 Å². The van der Waals surface area contributed by atoms with Crippen LogP contribution in [-0.4, -0.2) is 41.9 Å². The zero-order valence-corrected chi connectivity index (χ0v) is 14.0. The first-order valence-corrected chi connectivity index (χ1v) is 8.93. The normalized spacial score (nSPS) is 22.3. The molecule has 1 aromatic carbocycles. The Kier molecular flexibility index (Phi) is 5.33. The summed E-state index contributed by atoms with van der Waals surface area (Å²) in [6, 6.07) is 10.1. The molecule has 0 radical (unpaired) electrons. The van der Waals surface area contributed by atoms with E-state index in [0.29, 0.717) is 5.92 Å². The molecule has 1 fully saturated rings.